The normalized spacial score (nSPS) is 35.0. The zero-order valence-corrected chi connectivity index (χ0v) is 12.3. The van der Waals surface area contributed by atoms with E-state index in [4.69, 9.17) is 4.74 Å². The Hall–Kier alpha value is -1.57. The van der Waals surface area contributed by atoms with Crippen LogP contribution in [0.5, 0.6) is 0 Å². The summed E-state index contributed by atoms with van der Waals surface area (Å²) < 4.78 is 5.12. The van der Waals surface area contributed by atoms with Crippen molar-refractivity contribution in [3.63, 3.8) is 0 Å². The van der Waals surface area contributed by atoms with E-state index in [1.54, 1.807) is 0 Å². The van der Waals surface area contributed by atoms with Crippen LogP contribution in [0, 0.1) is 11.3 Å². The molecule has 0 aromatic heterocycles. The van der Waals surface area contributed by atoms with Gasteiger partial charge in [-0.1, -0.05) is 36.8 Å². The smallest absolute Gasteiger partial charge is 0.311 e. The van der Waals surface area contributed by atoms with Gasteiger partial charge in [0.25, 0.3) is 0 Å². The van der Waals surface area contributed by atoms with Crippen molar-refractivity contribution in [1.29, 1.82) is 0 Å². The number of ether oxygens (including phenoxy) is 1. The third kappa shape index (κ3) is 1.54. The molecule has 2 nitrogen and oxygen atoms in total. The van der Waals surface area contributed by atoms with Gasteiger partial charge in [-0.25, -0.2) is 0 Å². The molecule has 0 bridgehead atoms. The Morgan fingerprint density at radius 2 is 2.15 bits per heavy atom. The fraction of sp³-hybridized carbons (Fsp3) is 0.500. The first kappa shape index (κ1) is 13.4. The first-order chi connectivity index (χ1) is 9.58. The van der Waals surface area contributed by atoms with Gasteiger partial charge >= 0.3 is 5.97 Å². The predicted molar refractivity (Wildman–Crippen MR) is 79.5 cm³/mol. The first-order valence-corrected chi connectivity index (χ1v) is 7.39. The maximum Gasteiger partial charge on any atom is 0.311 e. The lowest BCUT2D eigenvalue weighted by Crippen LogP contribution is -2.49. The molecule has 3 rings (SSSR count). The van der Waals surface area contributed by atoms with Crippen LogP contribution in [0.2, 0.25) is 0 Å². The van der Waals surface area contributed by atoms with Gasteiger partial charge < -0.3 is 4.74 Å². The Morgan fingerprint density at radius 1 is 1.40 bits per heavy atom. The molecule has 1 saturated carbocycles. The fourth-order valence-corrected chi connectivity index (χ4v) is 4.60. The Bertz CT molecular complexity index is 562. The van der Waals surface area contributed by atoms with E-state index >= 15 is 0 Å². The summed E-state index contributed by atoms with van der Waals surface area (Å²) in [6.07, 6.45) is 6.08. The van der Waals surface area contributed by atoms with Crippen LogP contribution >= 0.6 is 0 Å². The van der Waals surface area contributed by atoms with Gasteiger partial charge in [-0.15, -0.1) is 6.58 Å². The minimum Gasteiger partial charge on any atom is -0.469 e. The summed E-state index contributed by atoms with van der Waals surface area (Å²) in [5, 5.41) is 0. The summed E-state index contributed by atoms with van der Waals surface area (Å²) in [6, 6.07) is 8.58. The Morgan fingerprint density at radius 3 is 2.85 bits per heavy atom. The number of rotatable bonds is 2. The summed E-state index contributed by atoms with van der Waals surface area (Å²) in [7, 11) is 1.50. The average molecular weight is 270 g/mol. The van der Waals surface area contributed by atoms with E-state index in [0.717, 1.165) is 25.7 Å². The number of fused-ring (bicyclic) bond motifs is 3. The predicted octanol–water partition coefficient (Wildman–Crippen LogP) is 3.65. The van der Waals surface area contributed by atoms with Crippen LogP contribution in [0.25, 0.3) is 0 Å². The van der Waals surface area contributed by atoms with Gasteiger partial charge in [0.05, 0.1) is 12.5 Å². The second-order valence-electron chi connectivity index (χ2n) is 6.42. The number of benzene rings is 1. The van der Waals surface area contributed by atoms with Gasteiger partial charge in [-0.2, -0.15) is 0 Å². The number of allylic oxidation sites excluding steroid dienone is 1. The number of hydrogen-bond acceptors (Lipinski definition) is 2. The highest BCUT2D eigenvalue weighted by Crippen LogP contribution is 2.59. The van der Waals surface area contributed by atoms with Gasteiger partial charge in [-0.05, 0) is 43.2 Å². The van der Waals surface area contributed by atoms with Crippen molar-refractivity contribution in [1.82, 2.24) is 0 Å². The lowest BCUT2D eigenvalue weighted by atomic mass is 9.55. The van der Waals surface area contributed by atoms with E-state index in [9.17, 15) is 4.79 Å². The minimum atomic E-state index is -0.403. The number of carbonyl (C=O) groups excluding carboxylic acids is 1. The van der Waals surface area contributed by atoms with E-state index in [1.807, 2.05) is 0 Å². The maximum absolute atomic E-state index is 12.4. The maximum atomic E-state index is 12.4. The van der Waals surface area contributed by atoms with Crippen molar-refractivity contribution >= 4 is 5.97 Å². The highest BCUT2D eigenvalue weighted by molar-refractivity contribution is 5.78. The average Bonchev–Trinajstić information content (AvgIpc) is 2.83. The molecule has 1 aromatic carbocycles. The van der Waals surface area contributed by atoms with Crippen LogP contribution in [-0.4, -0.2) is 13.1 Å². The fourth-order valence-electron chi connectivity index (χ4n) is 4.60. The van der Waals surface area contributed by atoms with Crippen LogP contribution in [0.3, 0.4) is 0 Å². The van der Waals surface area contributed by atoms with Crippen molar-refractivity contribution in [2.24, 2.45) is 11.3 Å². The third-order valence-electron chi connectivity index (χ3n) is 5.64. The molecule has 2 aliphatic carbocycles. The summed E-state index contributed by atoms with van der Waals surface area (Å²) in [6.45, 7) is 6.19. The molecule has 106 valence electrons. The molecule has 2 heteroatoms. The molecule has 0 spiro atoms. The Kier molecular flexibility index (Phi) is 3.00. The number of methoxy groups -OCH3 is 1. The highest BCUT2D eigenvalue weighted by Gasteiger charge is 2.58. The molecule has 0 amide bonds. The van der Waals surface area contributed by atoms with Crippen molar-refractivity contribution in [2.75, 3.05) is 7.11 Å². The monoisotopic (exact) mass is 270 g/mol. The zero-order chi connectivity index (χ0) is 14.4. The number of carbonyl (C=O) groups is 1. The summed E-state index contributed by atoms with van der Waals surface area (Å²) >= 11 is 0. The van der Waals surface area contributed by atoms with Crippen LogP contribution < -0.4 is 0 Å². The molecule has 0 saturated heterocycles. The number of hydrogen-bond donors (Lipinski definition) is 0. The van der Waals surface area contributed by atoms with E-state index in [0.29, 0.717) is 0 Å². The van der Waals surface area contributed by atoms with Crippen molar-refractivity contribution in [3.8, 4) is 0 Å². The molecular weight excluding hydrogens is 248 g/mol. The summed E-state index contributed by atoms with van der Waals surface area (Å²) in [5.74, 6) is 0.201. The van der Waals surface area contributed by atoms with Crippen LogP contribution in [0.4, 0.5) is 0 Å². The molecule has 1 fully saturated rings. The standard InChI is InChI=1S/C18H22O2/c1-4-18-11-7-10-17(2,16(19)20-3)15(18)12-13-8-5-6-9-14(13)18/h4-6,8-9,15H,1,7,10-12H2,2-3H3/t15-,17-,18-/m1/s1. The Labute approximate surface area is 120 Å². The van der Waals surface area contributed by atoms with E-state index in [-0.39, 0.29) is 17.3 Å². The molecule has 1 aromatic rings. The van der Waals surface area contributed by atoms with Gasteiger partial charge in [-0.3, -0.25) is 4.79 Å². The highest BCUT2D eigenvalue weighted by atomic mass is 16.5. The minimum absolute atomic E-state index is 0.0578. The molecular formula is C18H22O2. The molecule has 0 heterocycles. The van der Waals surface area contributed by atoms with E-state index < -0.39 is 5.41 Å². The second-order valence-corrected chi connectivity index (χ2v) is 6.42. The van der Waals surface area contributed by atoms with Crippen LogP contribution in [0.1, 0.15) is 37.3 Å². The lowest BCUT2D eigenvalue weighted by molar-refractivity contribution is -0.159. The van der Waals surface area contributed by atoms with Crippen molar-refractivity contribution < 1.29 is 9.53 Å². The first-order valence-electron chi connectivity index (χ1n) is 7.39. The Balaban J connectivity index is 2.14. The molecule has 0 N–H and O–H groups in total. The van der Waals surface area contributed by atoms with Gasteiger partial charge in [0.15, 0.2) is 0 Å². The molecule has 20 heavy (non-hydrogen) atoms. The topological polar surface area (TPSA) is 26.3 Å². The van der Waals surface area contributed by atoms with E-state index in [2.05, 4.69) is 43.8 Å². The molecule has 0 unspecified atom stereocenters. The van der Waals surface area contributed by atoms with Crippen LogP contribution in [0.15, 0.2) is 36.9 Å². The molecule has 2 aliphatic rings. The SMILES string of the molecule is C=C[C@]12CCC[C@@](C)(C(=O)OC)[C@H]1Cc1ccccc12. The van der Waals surface area contributed by atoms with Crippen molar-refractivity contribution in [2.45, 2.75) is 38.0 Å². The zero-order valence-electron chi connectivity index (χ0n) is 12.3. The molecule has 3 atom stereocenters. The lowest BCUT2D eigenvalue weighted by Gasteiger charge is -2.47. The largest absolute Gasteiger partial charge is 0.469 e. The third-order valence-corrected chi connectivity index (χ3v) is 5.64. The van der Waals surface area contributed by atoms with Gasteiger partial charge in [0.1, 0.15) is 0 Å². The second kappa shape index (κ2) is 4.47. The summed E-state index contributed by atoms with van der Waals surface area (Å²) in [5.41, 5.74) is 2.28. The molecule has 0 radical (unpaired) electrons. The summed E-state index contributed by atoms with van der Waals surface area (Å²) in [4.78, 5) is 12.4. The van der Waals surface area contributed by atoms with Gasteiger partial charge in [0.2, 0.25) is 0 Å². The molecule has 0 aliphatic heterocycles. The van der Waals surface area contributed by atoms with Crippen LogP contribution in [-0.2, 0) is 21.4 Å². The number of esters is 1. The quantitative estimate of drug-likeness (QED) is 0.606. The van der Waals surface area contributed by atoms with Crippen molar-refractivity contribution in [3.05, 3.63) is 48.0 Å². The van der Waals surface area contributed by atoms with Gasteiger partial charge in [0, 0.05) is 5.41 Å². The van der Waals surface area contributed by atoms with E-state index in [1.165, 1.54) is 18.2 Å².